The SMILES string of the molecule is O=C(Cc1csc(N2CCCC2=O)n1)N(Cc1ccco1)CC(F)(F)F. The third-order valence-corrected chi connectivity index (χ3v) is 4.74. The summed E-state index contributed by atoms with van der Waals surface area (Å²) in [6.07, 6.45) is -2.25. The van der Waals surface area contributed by atoms with E-state index < -0.39 is 18.6 Å². The molecule has 0 radical (unpaired) electrons. The van der Waals surface area contributed by atoms with Crippen molar-refractivity contribution in [1.29, 1.82) is 0 Å². The molecule has 6 nitrogen and oxygen atoms in total. The first kappa shape index (κ1) is 18.4. The Hall–Kier alpha value is -2.36. The summed E-state index contributed by atoms with van der Waals surface area (Å²) in [7, 11) is 0. The number of aromatic nitrogens is 1. The minimum absolute atomic E-state index is 0.0336. The van der Waals surface area contributed by atoms with E-state index in [-0.39, 0.29) is 24.6 Å². The minimum atomic E-state index is -4.52. The van der Waals surface area contributed by atoms with Crippen LogP contribution in [0.15, 0.2) is 28.2 Å². The maximum atomic E-state index is 12.8. The average Bonchev–Trinajstić information content (AvgIpc) is 3.27. The number of hydrogen-bond acceptors (Lipinski definition) is 5. The second kappa shape index (κ2) is 7.48. The van der Waals surface area contributed by atoms with Gasteiger partial charge in [0.1, 0.15) is 12.3 Å². The van der Waals surface area contributed by atoms with Gasteiger partial charge in [0.15, 0.2) is 5.13 Å². The van der Waals surface area contributed by atoms with Gasteiger partial charge in [0, 0.05) is 18.3 Å². The van der Waals surface area contributed by atoms with E-state index in [1.165, 1.54) is 28.6 Å². The van der Waals surface area contributed by atoms with Crippen molar-refractivity contribution in [2.75, 3.05) is 18.0 Å². The zero-order chi connectivity index (χ0) is 18.7. The number of furan rings is 1. The molecule has 140 valence electrons. The van der Waals surface area contributed by atoms with Crippen LogP contribution in [0.2, 0.25) is 0 Å². The summed E-state index contributed by atoms with van der Waals surface area (Å²) in [5.41, 5.74) is 0.348. The third-order valence-electron chi connectivity index (χ3n) is 3.83. The van der Waals surface area contributed by atoms with E-state index in [9.17, 15) is 22.8 Å². The van der Waals surface area contributed by atoms with Gasteiger partial charge in [-0.3, -0.25) is 14.5 Å². The summed E-state index contributed by atoms with van der Waals surface area (Å²) in [5.74, 6) is -0.471. The van der Waals surface area contributed by atoms with Crippen LogP contribution in [-0.4, -0.2) is 41.0 Å². The lowest BCUT2D eigenvalue weighted by Gasteiger charge is -2.22. The molecule has 1 aliphatic heterocycles. The number of nitrogens with zero attached hydrogens (tertiary/aromatic N) is 3. The summed E-state index contributed by atoms with van der Waals surface area (Å²) in [5, 5.41) is 2.07. The van der Waals surface area contributed by atoms with Crippen LogP contribution in [0.4, 0.5) is 18.3 Å². The molecule has 1 saturated heterocycles. The van der Waals surface area contributed by atoms with Gasteiger partial charge in [-0.05, 0) is 18.6 Å². The average molecular weight is 387 g/mol. The van der Waals surface area contributed by atoms with Crippen molar-refractivity contribution in [2.45, 2.75) is 32.0 Å². The molecule has 3 rings (SSSR count). The Morgan fingerprint density at radius 2 is 2.23 bits per heavy atom. The molecule has 1 fully saturated rings. The highest BCUT2D eigenvalue weighted by atomic mass is 32.1. The summed E-state index contributed by atoms with van der Waals surface area (Å²) in [4.78, 5) is 30.6. The standard InChI is InChI=1S/C16H16F3N3O3S/c17-16(18,19)10-21(8-12-3-2-6-25-12)14(24)7-11-9-26-15(20-11)22-5-1-4-13(22)23/h2-3,6,9H,1,4-5,7-8,10H2. The molecule has 10 heteroatoms. The normalized spacial score (nSPS) is 14.9. The second-order valence-electron chi connectivity index (χ2n) is 5.89. The van der Waals surface area contributed by atoms with E-state index in [0.717, 1.165) is 6.42 Å². The molecule has 0 atom stereocenters. The van der Waals surface area contributed by atoms with Crippen LogP contribution in [0.3, 0.4) is 0 Å². The molecule has 1 aliphatic rings. The summed E-state index contributed by atoms with van der Waals surface area (Å²) < 4.78 is 43.5. The highest BCUT2D eigenvalue weighted by Gasteiger charge is 2.33. The minimum Gasteiger partial charge on any atom is -0.467 e. The van der Waals surface area contributed by atoms with E-state index in [0.29, 0.717) is 28.7 Å². The van der Waals surface area contributed by atoms with Gasteiger partial charge in [-0.25, -0.2) is 4.98 Å². The predicted molar refractivity (Wildman–Crippen MR) is 87.6 cm³/mol. The highest BCUT2D eigenvalue weighted by molar-refractivity contribution is 7.14. The number of thiazole rings is 1. The van der Waals surface area contributed by atoms with Crippen LogP contribution in [0.5, 0.6) is 0 Å². The van der Waals surface area contributed by atoms with Crippen molar-refractivity contribution in [2.24, 2.45) is 0 Å². The Morgan fingerprint density at radius 1 is 1.42 bits per heavy atom. The molecule has 0 aliphatic carbocycles. The van der Waals surface area contributed by atoms with Crippen molar-refractivity contribution in [3.63, 3.8) is 0 Å². The zero-order valence-corrected chi connectivity index (χ0v) is 14.5. The number of halogens is 3. The van der Waals surface area contributed by atoms with E-state index in [2.05, 4.69) is 4.98 Å². The monoisotopic (exact) mass is 387 g/mol. The number of carbonyl (C=O) groups excluding carboxylic acids is 2. The molecule has 0 spiro atoms. The van der Waals surface area contributed by atoms with Gasteiger partial charge in [0.25, 0.3) is 0 Å². The topological polar surface area (TPSA) is 66.7 Å². The molecule has 0 bridgehead atoms. The fraction of sp³-hybridized carbons (Fsp3) is 0.438. The van der Waals surface area contributed by atoms with Crippen molar-refractivity contribution < 1.29 is 27.2 Å². The molecule has 0 aromatic carbocycles. The van der Waals surface area contributed by atoms with Gasteiger partial charge in [-0.15, -0.1) is 11.3 Å². The molecule has 0 N–H and O–H groups in total. The lowest BCUT2D eigenvalue weighted by Crippen LogP contribution is -2.39. The first-order valence-corrected chi connectivity index (χ1v) is 8.81. The van der Waals surface area contributed by atoms with Crippen LogP contribution in [0.1, 0.15) is 24.3 Å². The van der Waals surface area contributed by atoms with Crippen LogP contribution in [0.25, 0.3) is 0 Å². The Kier molecular flexibility index (Phi) is 5.30. The quantitative estimate of drug-likeness (QED) is 0.764. The Balaban J connectivity index is 1.68. The van der Waals surface area contributed by atoms with Gasteiger partial charge in [0.05, 0.1) is 24.9 Å². The van der Waals surface area contributed by atoms with Crippen molar-refractivity contribution >= 4 is 28.3 Å². The highest BCUT2D eigenvalue weighted by Crippen LogP contribution is 2.26. The number of amides is 2. The number of alkyl halides is 3. The van der Waals surface area contributed by atoms with Gasteiger partial charge in [-0.1, -0.05) is 0 Å². The van der Waals surface area contributed by atoms with E-state index >= 15 is 0 Å². The van der Waals surface area contributed by atoms with Gasteiger partial charge in [0.2, 0.25) is 11.8 Å². The predicted octanol–water partition coefficient (Wildman–Crippen LogP) is 3.00. The lowest BCUT2D eigenvalue weighted by molar-refractivity contribution is -0.162. The Bertz CT molecular complexity index is 773. The van der Waals surface area contributed by atoms with Gasteiger partial charge < -0.3 is 9.32 Å². The molecular formula is C16H16F3N3O3S. The van der Waals surface area contributed by atoms with Crippen LogP contribution >= 0.6 is 11.3 Å². The van der Waals surface area contributed by atoms with Crippen molar-refractivity contribution in [1.82, 2.24) is 9.88 Å². The maximum absolute atomic E-state index is 12.8. The lowest BCUT2D eigenvalue weighted by atomic mass is 10.2. The van der Waals surface area contributed by atoms with Gasteiger partial charge in [-0.2, -0.15) is 13.2 Å². The number of rotatable bonds is 6. The van der Waals surface area contributed by atoms with E-state index in [1.807, 2.05) is 0 Å². The largest absolute Gasteiger partial charge is 0.467 e. The summed E-state index contributed by atoms with van der Waals surface area (Å²) in [6, 6.07) is 3.06. The summed E-state index contributed by atoms with van der Waals surface area (Å²) >= 11 is 1.21. The first-order chi connectivity index (χ1) is 12.3. The number of anilines is 1. The van der Waals surface area contributed by atoms with Crippen LogP contribution < -0.4 is 4.90 Å². The van der Waals surface area contributed by atoms with E-state index in [4.69, 9.17) is 4.42 Å². The Labute approximate surface area is 151 Å². The molecule has 2 aromatic rings. The zero-order valence-electron chi connectivity index (χ0n) is 13.7. The maximum Gasteiger partial charge on any atom is 0.406 e. The third kappa shape index (κ3) is 4.63. The molecule has 2 amide bonds. The molecular weight excluding hydrogens is 371 g/mol. The fourth-order valence-corrected chi connectivity index (χ4v) is 3.53. The van der Waals surface area contributed by atoms with Crippen molar-refractivity contribution in [3.05, 3.63) is 35.2 Å². The van der Waals surface area contributed by atoms with Crippen molar-refractivity contribution in [3.8, 4) is 0 Å². The molecule has 0 unspecified atom stereocenters. The molecule has 0 saturated carbocycles. The van der Waals surface area contributed by atoms with Crippen LogP contribution in [-0.2, 0) is 22.6 Å². The number of carbonyl (C=O) groups is 2. The Morgan fingerprint density at radius 3 is 2.85 bits per heavy atom. The molecule has 2 aromatic heterocycles. The summed E-state index contributed by atoms with van der Waals surface area (Å²) in [6.45, 7) is -1.07. The smallest absolute Gasteiger partial charge is 0.406 e. The first-order valence-electron chi connectivity index (χ1n) is 7.93. The van der Waals surface area contributed by atoms with Crippen LogP contribution in [0, 0.1) is 0 Å². The second-order valence-corrected chi connectivity index (χ2v) is 6.73. The fourth-order valence-electron chi connectivity index (χ4n) is 2.66. The molecule has 3 heterocycles. The number of hydrogen-bond donors (Lipinski definition) is 0. The van der Waals surface area contributed by atoms with E-state index in [1.54, 1.807) is 11.4 Å². The molecule has 26 heavy (non-hydrogen) atoms. The van der Waals surface area contributed by atoms with Gasteiger partial charge >= 0.3 is 6.18 Å².